The Labute approximate surface area is 216 Å². The summed E-state index contributed by atoms with van der Waals surface area (Å²) in [6, 6.07) is 24.9. The summed E-state index contributed by atoms with van der Waals surface area (Å²) >= 11 is 1.67. The third-order valence-electron chi connectivity index (χ3n) is 6.38. The molecule has 6 nitrogen and oxygen atoms in total. The van der Waals surface area contributed by atoms with Crippen LogP contribution in [0.1, 0.15) is 51.9 Å². The maximum Gasteiger partial charge on any atom is 0.251 e. The summed E-state index contributed by atoms with van der Waals surface area (Å²) in [6.45, 7) is 2.70. The van der Waals surface area contributed by atoms with Crippen LogP contribution in [0.5, 0.6) is 0 Å². The molecule has 7 heteroatoms. The van der Waals surface area contributed by atoms with E-state index >= 15 is 0 Å². The minimum Gasteiger partial charge on any atom is -0.396 e. The molecule has 3 aromatic carbocycles. The molecule has 1 saturated heterocycles. The molecule has 4 unspecified atom stereocenters. The van der Waals surface area contributed by atoms with E-state index in [9.17, 15) is 15.0 Å². The fourth-order valence-corrected chi connectivity index (χ4v) is 5.15. The molecule has 0 aliphatic carbocycles. The Hall–Kier alpha value is -2.68. The quantitative estimate of drug-likeness (QED) is 0.347. The van der Waals surface area contributed by atoms with Gasteiger partial charge in [0.05, 0.1) is 25.4 Å². The van der Waals surface area contributed by atoms with E-state index in [1.807, 2.05) is 66.7 Å². The molecule has 1 aliphatic heterocycles. The number of ether oxygens (including phenoxy) is 2. The van der Waals surface area contributed by atoms with Crippen LogP contribution in [0.15, 0.2) is 78.9 Å². The van der Waals surface area contributed by atoms with Gasteiger partial charge in [0.2, 0.25) is 0 Å². The number of hydrogen-bond acceptors (Lipinski definition) is 6. The zero-order valence-electron chi connectivity index (χ0n) is 20.4. The Kier molecular flexibility index (Phi) is 9.55. The summed E-state index contributed by atoms with van der Waals surface area (Å²) in [4.78, 5) is 12.3. The van der Waals surface area contributed by atoms with Crippen molar-refractivity contribution >= 4 is 17.7 Å². The molecule has 190 valence electrons. The second kappa shape index (κ2) is 13.0. The molecule has 1 amide bonds. The summed E-state index contributed by atoms with van der Waals surface area (Å²) in [5, 5.41) is 21.6. The van der Waals surface area contributed by atoms with Crippen LogP contribution in [0.4, 0.5) is 0 Å². The molecular weight excluding hydrogens is 474 g/mol. The van der Waals surface area contributed by atoms with Gasteiger partial charge in [-0.05, 0) is 28.8 Å². The monoisotopic (exact) mass is 507 g/mol. The molecule has 1 heterocycles. The van der Waals surface area contributed by atoms with Gasteiger partial charge in [0.15, 0.2) is 6.29 Å². The number of aliphatic hydroxyl groups is 2. The van der Waals surface area contributed by atoms with E-state index in [-0.39, 0.29) is 37.2 Å². The number of benzene rings is 3. The zero-order valence-corrected chi connectivity index (χ0v) is 21.2. The SMILES string of the molecule is CC1C(CSCCO)OC(c2ccc(CNC(=O)c3ccccc3)cc2)OC1c1ccc(CO)cc1. The highest BCUT2D eigenvalue weighted by atomic mass is 32.2. The number of rotatable bonds is 10. The average molecular weight is 508 g/mol. The molecule has 1 fully saturated rings. The van der Waals surface area contributed by atoms with Crippen molar-refractivity contribution in [2.45, 2.75) is 38.6 Å². The van der Waals surface area contributed by atoms with E-state index in [1.165, 1.54) is 0 Å². The number of thioether (sulfide) groups is 1. The first-order valence-corrected chi connectivity index (χ1v) is 13.4. The van der Waals surface area contributed by atoms with E-state index in [4.69, 9.17) is 9.47 Å². The molecule has 36 heavy (non-hydrogen) atoms. The van der Waals surface area contributed by atoms with Crippen molar-refractivity contribution in [3.8, 4) is 0 Å². The van der Waals surface area contributed by atoms with Crippen molar-refractivity contribution in [1.82, 2.24) is 5.32 Å². The minimum atomic E-state index is -0.531. The highest BCUT2D eigenvalue weighted by Gasteiger charge is 2.38. The largest absolute Gasteiger partial charge is 0.396 e. The van der Waals surface area contributed by atoms with Crippen LogP contribution in [0.2, 0.25) is 0 Å². The van der Waals surface area contributed by atoms with Gasteiger partial charge in [0, 0.05) is 35.1 Å². The fraction of sp³-hybridized carbons (Fsp3) is 0.345. The molecule has 3 aromatic rings. The van der Waals surface area contributed by atoms with Crippen molar-refractivity contribution in [1.29, 1.82) is 0 Å². The van der Waals surface area contributed by atoms with Crippen LogP contribution < -0.4 is 5.32 Å². The predicted molar refractivity (Wildman–Crippen MR) is 141 cm³/mol. The number of amides is 1. The van der Waals surface area contributed by atoms with E-state index in [0.29, 0.717) is 17.9 Å². The van der Waals surface area contributed by atoms with Crippen molar-refractivity contribution in [3.63, 3.8) is 0 Å². The Balaban J connectivity index is 1.46. The van der Waals surface area contributed by atoms with Gasteiger partial charge in [-0.2, -0.15) is 11.8 Å². The predicted octanol–water partition coefficient (Wildman–Crippen LogP) is 4.63. The van der Waals surface area contributed by atoms with Crippen LogP contribution in [-0.4, -0.2) is 40.3 Å². The summed E-state index contributed by atoms with van der Waals surface area (Å²) in [7, 11) is 0. The van der Waals surface area contributed by atoms with E-state index in [2.05, 4.69) is 12.2 Å². The lowest BCUT2D eigenvalue weighted by atomic mass is 9.91. The van der Waals surface area contributed by atoms with Gasteiger partial charge >= 0.3 is 0 Å². The highest BCUT2D eigenvalue weighted by Crippen LogP contribution is 2.42. The second-order valence-corrected chi connectivity index (χ2v) is 10.1. The fourth-order valence-electron chi connectivity index (χ4n) is 4.24. The lowest BCUT2D eigenvalue weighted by Gasteiger charge is -2.41. The minimum absolute atomic E-state index is 0.00562. The number of aliphatic hydroxyl groups excluding tert-OH is 2. The van der Waals surface area contributed by atoms with Crippen LogP contribution in [0.3, 0.4) is 0 Å². The maximum atomic E-state index is 12.3. The topological polar surface area (TPSA) is 88.0 Å². The Morgan fingerprint density at radius 2 is 1.56 bits per heavy atom. The molecule has 4 rings (SSSR count). The summed E-state index contributed by atoms with van der Waals surface area (Å²) < 4.78 is 12.9. The van der Waals surface area contributed by atoms with E-state index < -0.39 is 6.29 Å². The Morgan fingerprint density at radius 1 is 0.889 bits per heavy atom. The number of hydrogen-bond donors (Lipinski definition) is 3. The van der Waals surface area contributed by atoms with E-state index in [0.717, 1.165) is 28.0 Å². The third-order valence-corrected chi connectivity index (χ3v) is 7.42. The van der Waals surface area contributed by atoms with Crippen molar-refractivity contribution in [2.75, 3.05) is 18.1 Å². The van der Waals surface area contributed by atoms with Gasteiger partial charge in [-0.3, -0.25) is 4.79 Å². The van der Waals surface area contributed by atoms with Gasteiger partial charge in [0.1, 0.15) is 0 Å². The van der Waals surface area contributed by atoms with Crippen molar-refractivity contribution in [2.24, 2.45) is 5.92 Å². The van der Waals surface area contributed by atoms with Crippen molar-refractivity contribution < 1.29 is 24.5 Å². The third kappa shape index (κ3) is 6.75. The van der Waals surface area contributed by atoms with Crippen LogP contribution in [0, 0.1) is 5.92 Å². The normalized spacial score (nSPS) is 21.8. The van der Waals surface area contributed by atoms with Crippen LogP contribution in [-0.2, 0) is 22.6 Å². The second-order valence-electron chi connectivity index (χ2n) is 8.91. The molecular formula is C29H33NO5S. The number of carbonyl (C=O) groups is 1. The molecule has 0 radical (unpaired) electrons. The molecule has 0 bridgehead atoms. The lowest BCUT2D eigenvalue weighted by Crippen LogP contribution is -2.38. The smallest absolute Gasteiger partial charge is 0.251 e. The standard InChI is InChI=1S/C29H33NO5S/c1-20-26(19-36-16-15-31)34-29(35-27(20)23-11-9-22(18-32)10-12-23)25-13-7-21(8-14-25)17-30-28(33)24-5-3-2-4-6-24/h2-14,20,26-27,29,31-32H,15-19H2,1H3,(H,30,33). The van der Waals surface area contributed by atoms with Crippen molar-refractivity contribution in [3.05, 3.63) is 107 Å². The van der Waals surface area contributed by atoms with Gasteiger partial charge in [-0.15, -0.1) is 0 Å². The Bertz CT molecular complexity index is 1090. The van der Waals surface area contributed by atoms with Gasteiger partial charge < -0.3 is 25.0 Å². The molecule has 3 N–H and O–H groups in total. The zero-order chi connectivity index (χ0) is 25.3. The Morgan fingerprint density at radius 3 is 2.22 bits per heavy atom. The molecule has 0 spiro atoms. The lowest BCUT2D eigenvalue weighted by molar-refractivity contribution is -0.268. The first-order chi connectivity index (χ1) is 17.6. The highest BCUT2D eigenvalue weighted by molar-refractivity contribution is 7.99. The first kappa shape index (κ1) is 26.4. The average Bonchev–Trinajstić information content (AvgIpc) is 2.93. The van der Waals surface area contributed by atoms with Gasteiger partial charge in [-0.1, -0.05) is 73.7 Å². The molecule has 0 saturated carbocycles. The summed E-state index contributed by atoms with van der Waals surface area (Å²) in [6.07, 6.45) is -0.745. The van der Waals surface area contributed by atoms with Crippen LogP contribution in [0.25, 0.3) is 0 Å². The van der Waals surface area contributed by atoms with Gasteiger partial charge in [0.25, 0.3) is 5.91 Å². The molecule has 4 atom stereocenters. The maximum absolute atomic E-state index is 12.3. The summed E-state index contributed by atoms with van der Waals surface area (Å²) in [5.74, 6) is 1.43. The van der Waals surface area contributed by atoms with Gasteiger partial charge in [-0.25, -0.2) is 0 Å². The van der Waals surface area contributed by atoms with Crippen LogP contribution >= 0.6 is 11.8 Å². The first-order valence-electron chi connectivity index (χ1n) is 12.2. The molecule has 1 aliphatic rings. The summed E-state index contributed by atoms with van der Waals surface area (Å²) in [5.41, 5.74) is 4.44. The number of nitrogens with one attached hydrogen (secondary N) is 1. The number of carbonyl (C=O) groups excluding carboxylic acids is 1. The molecule has 0 aromatic heterocycles. The van der Waals surface area contributed by atoms with E-state index in [1.54, 1.807) is 23.9 Å².